The Morgan fingerprint density at radius 1 is 0.850 bits per heavy atom. The van der Waals surface area contributed by atoms with Crippen LogP contribution in [0.15, 0.2) is 30.3 Å². The summed E-state index contributed by atoms with van der Waals surface area (Å²) in [6.45, 7) is 12.6. The third kappa shape index (κ3) is 8.51. The minimum Gasteiger partial charge on any atom is -0.388 e. The smallest absolute Gasteiger partial charge is 0.385 e. The Hall–Kier alpha value is -0.643. The molecule has 0 aromatic heterocycles. The first-order chi connectivity index (χ1) is 9.16. The van der Waals surface area contributed by atoms with Crippen molar-refractivity contribution < 1.29 is 8.85 Å². The predicted molar refractivity (Wildman–Crippen MR) is 87.0 cm³/mol. The summed E-state index contributed by atoms with van der Waals surface area (Å²) in [6.07, 6.45) is 2.21. The van der Waals surface area contributed by atoms with Crippen molar-refractivity contribution in [2.45, 2.75) is 71.6 Å². The van der Waals surface area contributed by atoms with E-state index in [-0.39, 0.29) is 11.2 Å². The van der Waals surface area contributed by atoms with Crippen LogP contribution in [0.5, 0.6) is 0 Å². The molecule has 0 unspecified atom stereocenters. The lowest BCUT2D eigenvalue weighted by Crippen LogP contribution is -2.38. The van der Waals surface area contributed by atoms with Gasteiger partial charge in [0.1, 0.15) is 0 Å². The lowest BCUT2D eigenvalue weighted by molar-refractivity contribution is 0.0336. The van der Waals surface area contributed by atoms with E-state index in [4.69, 9.17) is 8.85 Å². The summed E-state index contributed by atoms with van der Waals surface area (Å²) in [5.74, 6) is 0. The van der Waals surface area contributed by atoms with Crippen molar-refractivity contribution in [2.24, 2.45) is 0 Å². The summed E-state index contributed by atoms with van der Waals surface area (Å²) >= 11 is 0. The fourth-order valence-corrected chi connectivity index (χ4v) is 3.96. The molecule has 0 saturated heterocycles. The van der Waals surface area contributed by atoms with E-state index >= 15 is 0 Å². The zero-order valence-electron chi connectivity index (χ0n) is 13.8. The van der Waals surface area contributed by atoms with Crippen LogP contribution in [0.2, 0.25) is 6.04 Å². The van der Waals surface area contributed by atoms with Crippen LogP contribution in [0, 0.1) is 0 Å². The molecule has 1 aromatic carbocycles. The minimum atomic E-state index is -1.23. The fourth-order valence-electron chi connectivity index (χ4n) is 1.89. The number of hydrogen-bond donors (Lipinski definition) is 0. The first-order valence-electron chi connectivity index (χ1n) is 7.43. The van der Waals surface area contributed by atoms with Gasteiger partial charge in [0.2, 0.25) is 0 Å². The second-order valence-corrected chi connectivity index (χ2v) is 8.79. The Kier molecular flexibility index (Phi) is 6.43. The molecule has 1 aromatic rings. The summed E-state index contributed by atoms with van der Waals surface area (Å²) in [4.78, 5) is 0. The SMILES string of the molecule is CC(C)(C)O[Si](CCCc1ccccc1)OC(C)(C)C. The van der Waals surface area contributed by atoms with Crippen LogP contribution < -0.4 is 0 Å². The van der Waals surface area contributed by atoms with Crippen LogP contribution in [0.4, 0.5) is 0 Å². The topological polar surface area (TPSA) is 18.5 Å². The lowest BCUT2D eigenvalue weighted by atomic mass is 10.1. The number of rotatable bonds is 6. The third-order valence-electron chi connectivity index (χ3n) is 2.53. The van der Waals surface area contributed by atoms with E-state index in [0.717, 1.165) is 18.9 Å². The van der Waals surface area contributed by atoms with Crippen molar-refractivity contribution in [1.29, 1.82) is 0 Å². The van der Waals surface area contributed by atoms with E-state index in [9.17, 15) is 0 Å². The van der Waals surface area contributed by atoms with Crippen LogP contribution in [-0.4, -0.2) is 20.5 Å². The zero-order valence-corrected chi connectivity index (χ0v) is 14.8. The molecule has 2 nitrogen and oxygen atoms in total. The Balaban J connectivity index is 2.48. The Morgan fingerprint density at radius 3 is 1.80 bits per heavy atom. The van der Waals surface area contributed by atoms with Crippen molar-refractivity contribution in [3.05, 3.63) is 35.9 Å². The maximum absolute atomic E-state index is 6.13. The van der Waals surface area contributed by atoms with E-state index in [2.05, 4.69) is 71.9 Å². The van der Waals surface area contributed by atoms with Crippen molar-refractivity contribution in [1.82, 2.24) is 0 Å². The van der Waals surface area contributed by atoms with Crippen LogP contribution in [-0.2, 0) is 15.3 Å². The molecule has 0 aliphatic rings. The first-order valence-corrected chi connectivity index (χ1v) is 8.96. The largest absolute Gasteiger partial charge is 0.388 e. The third-order valence-corrected chi connectivity index (χ3v) is 4.97. The highest BCUT2D eigenvalue weighted by Crippen LogP contribution is 2.19. The Morgan fingerprint density at radius 2 is 1.35 bits per heavy atom. The number of hydrogen-bond acceptors (Lipinski definition) is 2. The van der Waals surface area contributed by atoms with Crippen molar-refractivity contribution >= 4 is 9.28 Å². The molecule has 0 amide bonds. The van der Waals surface area contributed by atoms with Gasteiger partial charge in [-0.25, -0.2) is 0 Å². The summed E-state index contributed by atoms with van der Waals surface area (Å²) in [6, 6.07) is 11.6. The number of benzene rings is 1. The molecule has 0 aliphatic carbocycles. The van der Waals surface area contributed by atoms with Gasteiger partial charge >= 0.3 is 9.28 Å². The van der Waals surface area contributed by atoms with Crippen LogP contribution in [0.1, 0.15) is 53.5 Å². The summed E-state index contributed by atoms with van der Waals surface area (Å²) in [5.41, 5.74) is 1.12. The van der Waals surface area contributed by atoms with Gasteiger partial charge in [0.25, 0.3) is 0 Å². The normalized spacial score (nSPS) is 12.9. The molecule has 0 fully saturated rings. The second kappa shape index (κ2) is 7.39. The molecule has 0 heterocycles. The van der Waals surface area contributed by atoms with Crippen molar-refractivity contribution in [3.8, 4) is 0 Å². The van der Waals surface area contributed by atoms with Gasteiger partial charge < -0.3 is 8.85 Å². The van der Waals surface area contributed by atoms with Crippen LogP contribution in [0.3, 0.4) is 0 Å². The Bertz CT molecular complexity index is 360. The second-order valence-electron chi connectivity index (χ2n) is 7.14. The molecule has 20 heavy (non-hydrogen) atoms. The monoisotopic (exact) mass is 293 g/mol. The average Bonchev–Trinajstić information content (AvgIpc) is 2.25. The maximum Gasteiger partial charge on any atom is 0.385 e. The highest BCUT2D eigenvalue weighted by atomic mass is 28.3. The summed E-state index contributed by atoms with van der Waals surface area (Å²) in [7, 11) is -1.23. The van der Waals surface area contributed by atoms with Gasteiger partial charge in [-0.15, -0.1) is 0 Å². The highest BCUT2D eigenvalue weighted by Gasteiger charge is 2.27. The van der Waals surface area contributed by atoms with Gasteiger partial charge in [0, 0.05) is 11.2 Å². The van der Waals surface area contributed by atoms with Gasteiger partial charge in [0.05, 0.1) is 0 Å². The van der Waals surface area contributed by atoms with Gasteiger partial charge in [-0.1, -0.05) is 30.3 Å². The molecule has 0 N–H and O–H groups in total. The summed E-state index contributed by atoms with van der Waals surface area (Å²) < 4.78 is 12.3. The molecule has 0 saturated carbocycles. The van der Waals surface area contributed by atoms with Gasteiger partial charge in [-0.05, 0) is 66.0 Å². The van der Waals surface area contributed by atoms with Gasteiger partial charge in [-0.2, -0.15) is 0 Å². The molecule has 3 heteroatoms. The van der Waals surface area contributed by atoms with Crippen LogP contribution >= 0.6 is 0 Å². The van der Waals surface area contributed by atoms with Gasteiger partial charge in [-0.3, -0.25) is 0 Å². The molecule has 0 atom stereocenters. The van der Waals surface area contributed by atoms with Crippen molar-refractivity contribution in [2.75, 3.05) is 0 Å². The highest BCUT2D eigenvalue weighted by molar-refractivity contribution is 6.44. The molecular weight excluding hydrogens is 264 g/mol. The Labute approximate surface area is 126 Å². The molecule has 113 valence electrons. The van der Waals surface area contributed by atoms with E-state index < -0.39 is 9.28 Å². The molecule has 0 aliphatic heterocycles. The summed E-state index contributed by atoms with van der Waals surface area (Å²) in [5, 5.41) is 0. The molecule has 1 rings (SSSR count). The molecule has 0 spiro atoms. The minimum absolute atomic E-state index is 0.133. The zero-order chi connectivity index (χ0) is 15.2. The lowest BCUT2D eigenvalue weighted by Gasteiger charge is -2.30. The molecule has 0 bridgehead atoms. The average molecular weight is 294 g/mol. The van der Waals surface area contributed by atoms with Gasteiger partial charge in [0.15, 0.2) is 0 Å². The van der Waals surface area contributed by atoms with E-state index in [1.807, 2.05) is 0 Å². The predicted octanol–water partition coefficient (Wildman–Crippen LogP) is 4.74. The fraction of sp³-hybridized carbons (Fsp3) is 0.647. The van der Waals surface area contributed by atoms with Crippen molar-refractivity contribution in [3.63, 3.8) is 0 Å². The first kappa shape index (κ1) is 17.4. The molecular formula is C17H29O2Si. The standard InChI is InChI=1S/C17H29O2Si/c1-16(2,3)18-20(19-17(4,5)6)14-10-13-15-11-8-7-9-12-15/h7-9,11-12H,10,13-14H2,1-6H3. The van der Waals surface area contributed by atoms with E-state index in [1.165, 1.54) is 5.56 Å². The maximum atomic E-state index is 6.13. The van der Waals surface area contributed by atoms with E-state index in [1.54, 1.807) is 0 Å². The number of aryl methyl sites for hydroxylation is 1. The van der Waals surface area contributed by atoms with Crippen LogP contribution in [0.25, 0.3) is 0 Å². The quantitative estimate of drug-likeness (QED) is 0.705. The van der Waals surface area contributed by atoms with E-state index in [0.29, 0.717) is 0 Å². The molecule has 1 radical (unpaired) electrons.